The van der Waals surface area contributed by atoms with Crippen LogP contribution in [0.5, 0.6) is 5.75 Å². The molecule has 1 aliphatic heterocycles. The largest absolute Gasteiger partial charge is 0.496 e. The molecule has 1 saturated heterocycles. The minimum atomic E-state index is -0.792. The van der Waals surface area contributed by atoms with Gasteiger partial charge in [0.05, 0.1) is 30.3 Å². The number of hydrogen-bond donors (Lipinski definition) is 1. The van der Waals surface area contributed by atoms with Crippen LogP contribution in [0.3, 0.4) is 0 Å². The normalized spacial score (nSPS) is 16.8. The number of carbonyl (C=O) groups excluding carboxylic acids is 2. The lowest BCUT2D eigenvalue weighted by Gasteiger charge is -2.39. The highest BCUT2D eigenvalue weighted by molar-refractivity contribution is 5.99. The van der Waals surface area contributed by atoms with Crippen LogP contribution in [-0.4, -0.2) is 70.8 Å². The van der Waals surface area contributed by atoms with E-state index in [0.717, 1.165) is 34.9 Å². The summed E-state index contributed by atoms with van der Waals surface area (Å²) in [6.07, 6.45) is 4.55. The van der Waals surface area contributed by atoms with E-state index in [1.165, 1.54) is 0 Å². The molecule has 1 aliphatic carbocycles. The van der Waals surface area contributed by atoms with Crippen molar-refractivity contribution in [3.8, 4) is 23.1 Å². The predicted octanol–water partition coefficient (Wildman–Crippen LogP) is 3.53. The second-order valence-corrected chi connectivity index (χ2v) is 10.1. The van der Waals surface area contributed by atoms with E-state index in [9.17, 15) is 14.9 Å². The summed E-state index contributed by atoms with van der Waals surface area (Å²) in [5.41, 5.74) is 2.27. The highest BCUT2D eigenvalue weighted by atomic mass is 16.5. The number of nitrogens with one attached hydrogen (secondary N) is 1. The summed E-state index contributed by atoms with van der Waals surface area (Å²) < 4.78 is 7.69. The lowest BCUT2D eigenvalue weighted by atomic mass is 9.73. The number of anilines is 1. The summed E-state index contributed by atoms with van der Waals surface area (Å²) in [6, 6.07) is 10.1. The predicted molar refractivity (Wildman–Crippen MR) is 139 cm³/mol. The van der Waals surface area contributed by atoms with Gasteiger partial charge in [-0.05, 0) is 37.8 Å². The second-order valence-electron chi connectivity index (χ2n) is 10.1. The van der Waals surface area contributed by atoms with Crippen molar-refractivity contribution in [3.63, 3.8) is 0 Å². The van der Waals surface area contributed by atoms with Crippen molar-refractivity contribution in [2.75, 3.05) is 39.6 Å². The van der Waals surface area contributed by atoms with Crippen LogP contribution in [0.1, 0.15) is 31.2 Å². The molecule has 2 aromatic heterocycles. The van der Waals surface area contributed by atoms with Gasteiger partial charge in [0.25, 0.3) is 0 Å². The molecule has 0 unspecified atom stereocenters. The smallest absolute Gasteiger partial charge is 0.319 e. The number of ether oxygens (including phenoxy) is 1. The van der Waals surface area contributed by atoms with Crippen molar-refractivity contribution in [3.05, 3.63) is 36.0 Å². The molecule has 1 saturated carbocycles. The quantitative estimate of drug-likeness (QED) is 0.572. The summed E-state index contributed by atoms with van der Waals surface area (Å²) >= 11 is 0. The number of fused-ring (bicyclic) bond motifs is 1. The van der Waals surface area contributed by atoms with Crippen molar-refractivity contribution in [1.82, 2.24) is 24.6 Å². The van der Waals surface area contributed by atoms with Crippen LogP contribution in [0.15, 0.2) is 30.5 Å². The number of pyridine rings is 1. The maximum atomic E-state index is 12.5. The molecule has 2 aliphatic rings. The first-order valence-corrected chi connectivity index (χ1v) is 12.5. The lowest BCUT2D eigenvalue weighted by molar-refractivity contribution is -0.117. The molecular formula is C27H31N7O3. The third kappa shape index (κ3) is 4.35. The van der Waals surface area contributed by atoms with Gasteiger partial charge in [0.1, 0.15) is 17.3 Å². The van der Waals surface area contributed by atoms with Gasteiger partial charge in [-0.3, -0.25) is 9.48 Å². The van der Waals surface area contributed by atoms with E-state index >= 15 is 0 Å². The van der Waals surface area contributed by atoms with Crippen LogP contribution in [0.2, 0.25) is 0 Å². The van der Waals surface area contributed by atoms with E-state index in [1.54, 1.807) is 41.9 Å². The molecule has 0 atom stereocenters. The van der Waals surface area contributed by atoms with E-state index in [4.69, 9.17) is 9.84 Å². The highest BCUT2D eigenvalue weighted by Crippen LogP contribution is 2.45. The molecule has 37 heavy (non-hydrogen) atoms. The number of methoxy groups -OCH3 is 1. The number of nitriles is 1. The fourth-order valence-electron chi connectivity index (χ4n) is 5.12. The number of aromatic nitrogens is 3. The zero-order valence-corrected chi connectivity index (χ0v) is 21.6. The van der Waals surface area contributed by atoms with Crippen LogP contribution in [-0.2, 0) is 17.3 Å². The Bertz CT molecular complexity index is 1410. The minimum absolute atomic E-state index is 0.00748. The van der Waals surface area contributed by atoms with Crippen molar-refractivity contribution in [2.24, 2.45) is 13.0 Å². The molecule has 1 N–H and O–H groups in total. The molecule has 3 heterocycles. The summed E-state index contributed by atoms with van der Waals surface area (Å²) in [6.45, 7) is 0.973. The number of carbonyl (C=O) groups is 2. The molecule has 0 bridgehead atoms. The number of likely N-dealkylation sites (tertiary alicyclic amines) is 1. The molecule has 10 nitrogen and oxygen atoms in total. The van der Waals surface area contributed by atoms with Crippen molar-refractivity contribution in [1.29, 1.82) is 5.26 Å². The average Bonchev–Trinajstić information content (AvgIpc) is 3.72. The van der Waals surface area contributed by atoms with Gasteiger partial charge in [-0.2, -0.15) is 10.4 Å². The Labute approximate surface area is 215 Å². The van der Waals surface area contributed by atoms with Gasteiger partial charge in [-0.25, -0.2) is 9.78 Å². The Hall–Kier alpha value is -4.13. The monoisotopic (exact) mass is 501 g/mol. The Morgan fingerprint density at radius 2 is 1.97 bits per heavy atom. The maximum Gasteiger partial charge on any atom is 0.319 e. The van der Waals surface area contributed by atoms with Crippen molar-refractivity contribution >= 4 is 28.7 Å². The van der Waals surface area contributed by atoms with E-state index in [0.29, 0.717) is 43.2 Å². The van der Waals surface area contributed by atoms with Crippen LogP contribution >= 0.6 is 0 Å². The van der Waals surface area contributed by atoms with Gasteiger partial charge >= 0.3 is 6.03 Å². The zero-order chi connectivity index (χ0) is 26.3. The van der Waals surface area contributed by atoms with Crippen molar-refractivity contribution < 1.29 is 14.3 Å². The Morgan fingerprint density at radius 3 is 2.59 bits per heavy atom. The standard InChI is InChI=1S/C27H31N7O3/c1-32(2)26(36)34-12-10-27(16-28,11-13-34)20-7-5-6-18(24(20)37-4)23-19-14-22(30-25(35)17-8-9-17)29-15-21(19)33(3)31-23/h5-7,14-15,17H,8-13H2,1-4H3,(H,29,30,35). The van der Waals surface area contributed by atoms with Gasteiger partial charge in [-0.15, -0.1) is 0 Å². The molecule has 5 rings (SSSR count). The van der Waals surface area contributed by atoms with Crippen LogP contribution in [0.4, 0.5) is 10.6 Å². The van der Waals surface area contributed by atoms with E-state index in [-0.39, 0.29) is 17.9 Å². The van der Waals surface area contributed by atoms with Crippen molar-refractivity contribution in [2.45, 2.75) is 31.1 Å². The van der Waals surface area contributed by atoms with Crippen LogP contribution in [0.25, 0.3) is 22.2 Å². The zero-order valence-electron chi connectivity index (χ0n) is 21.6. The minimum Gasteiger partial charge on any atom is -0.496 e. The van der Waals surface area contributed by atoms with Gasteiger partial charge < -0.3 is 19.9 Å². The number of para-hydroxylation sites is 1. The summed E-state index contributed by atoms with van der Waals surface area (Å²) in [4.78, 5) is 32.5. The molecule has 2 fully saturated rings. The SMILES string of the molecule is COc1c(-c2nn(C)c3cnc(NC(=O)C4CC4)cc23)cccc1C1(C#N)CCN(C(=O)N(C)C)CC1. The molecule has 0 spiro atoms. The van der Waals surface area contributed by atoms with Gasteiger partial charge in [0, 0.05) is 56.7 Å². The van der Waals surface area contributed by atoms with Gasteiger partial charge in [0.15, 0.2) is 0 Å². The third-order valence-electron chi connectivity index (χ3n) is 7.41. The molecule has 0 radical (unpaired) electrons. The first kappa shape index (κ1) is 24.6. The number of rotatable bonds is 5. The number of hydrogen-bond acceptors (Lipinski definition) is 6. The fraction of sp³-hybridized carbons (Fsp3) is 0.444. The number of piperidine rings is 1. The number of aryl methyl sites for hydroxylation is 1. The first-order chi connectivity index (χ1) is 17.8. The number of benzene rings is 1. The summed E-state index contributed by atoms with van der Waals surface area (Å²) in [5, 5.41) is 18.9. The Morgan fingerprint density at radius 1 is 1.24 bits per heavy atom. The fourth-order valence-corrected chi connectivity index (χ4v) is 5.12. The topological polar surface area (TPSA) is 116 Å². The maximum absolute atomic E-state index is 12.5. The molecule has 3 aromatic rings. The molecule has 192 valence electrons. The van der Waals surface area contributed by atoms with E-state index < -0.39 is 5.41 Å². The number of amides is 3. The van der Waals surface area contributed by atoms with E-state index in [1.807, 2.05) is 31.3 Å². The Balaban J connectivity index is 1.54. The Kier molecular flexibility index (Phi) is 6.23. The second kappa shape index (κ2) is 9.39. The molecular weight excluding hydrogens is 470 g/mol. The highest BCUT2D eigenvalue weighted by Gasteiger charge is 2.41. The van der Waals surface area contributed by atoms with Crippen LogP contribution in [0, 0.1) is 17.2 Å². The number of urea groups is 1. The molecule has 3 amide bonds. The van der Waals surface area contributed by atoms with Gasteiger partial charge in [0.2, 0.25) is 5.91 Å². The van der Waals surface area contributed by atoms with E-state index in [2.05, 4.69) is 16.4 Å². The molecule has 1 aromatic carbocycles. The van der Waals surface area contributed by atoms with Gasteiger partial charge in [-0.1, -0.05) is 12.1 Å². The number of nitrogens with zero attached hydrogens (tertiary/aromatic N) is 6. The summed E-state index contributed by atoms with van der Waals surface area (Å²) in [5.74, 6) is 1.15. The third-order valence-corrected chi connectivity index (χ3v) is 7.41. The first-order valence-electron chi connectivity index (χ1n) is 12.5. The molecule has 10 heteroatoms. The van der Waals surface area contributed by atoms with Crippen LogP contribution < -0.4 is 10.1 Å². The lowest BCUT2D eigenvalue weighted by Crippen LogP contribution is -2.48. The summed E-state index contributed by atoms with van der Waals surface area (Å²) in [7, 11) is 6.92. The average molecular weight is 502 g/mol.